The molecule has 276 valence electrons. The Bertz CT molecular complexity index is 2960. The molecule has 0 atom stereocenters. The molecular formula is C54H38FN3. The maximum absolute atomic E-state index is 14.5. The predicted molar refractivity (Wildman–Crippen MR) is 241 cm³/mol. The van der Waals surface area contributed by atoms with Crippen LogP contribution in [0.15, 0.2) is 231 Å². The summed E-state index contributed by atoms with van der Waals surface area (Å²) in [6.07, 6.45) is 0. The Balaban J connectivity index is 1.27. The van der Waals surface area contributed by atoms with Crippen molar-refractivity contribution < 1.29 is 4.39 Å². The minimum Gasteiger partial charge on any atom is -0.310 e. The van der Waals surface area contributed by atoms with E-state index < -0.39 is 0 Å². The van der Waals surface area contributed by atoms with Crippen molar-refractivity contribution in [3.05, 3.63) is 236 Å². The molecule has 0 aliphatic rings. The van der Waals surface area contributed by atoms with Gasteiger partial charge in [-0.1, -0.05) is 140 Å². The van der Waals surface area contributed by atoms with Crippen LogP contribution < -0.4 is 9.80 Å². The normalized spacial score (nSPS) is 11.2. The fourth-order valence-corrected chi connectivity index (χ4v) is 8.13. The molecule has 58 heavy (non-hydrogen) atoms. The summed E-state index contributed by atoms with van der Waals surface area (Å²) in [6, 6.07) is 79.6. The van der Waals surface area contributed by atoms with Crippen molar-refractivity contribution in [2.75, 3.05) is 9.80 Å². The van der Waals surface area contributed by atoms with Gasteiger partial charge in [0.25, 0.3) is 0 Å². The van der Waals surface area contributed by atoms with Gasteiger partial charge in [-0.15, -0.1) is 0 Å². The molecule has 0 N–H and O–H groups in total. The van der Waals surface area contributed by atoms with Crippen LogP contribution in [0.5, 0.6) is 0 Å². The van der Waals surface area contributed by atoms with Crippen molar-refractivity contribution in [2.45, 2.75) is 0 Å². The first kappa shape index (κ1) is 34.8. The highest BCUT2D eigenvalue weighted by Crippen LogP contribution is 2.48. The molecule has 9 aromatic carbocycles. The van der Waals surface area contributed by atoms with Crippen LogP contribution in [0, 0.1) is 5.82 Å². The minimum atomic E-state index is -0.269. The third-order valence-electron chi connectivity index (χ3n) is 10.8. The first-order valence-corrected chi connectivity index (χ1v) is 19.5. The lowest BCUT2D eigenvalue weighted by molar-refractivity contribution is 0.627. The average molecular weight is 748 g/mol. The van der Waals surface area contributed by atoms with Gasteiger partial charge < -0.3 is 14.4 Å². The quantitative estimate of drug-likeness (QED) is 0.146. The summed E-state index contributed by atoms with van der Waals surface area (Å²) in [5, 5.41) is 2.19. The number of anilines is 6. The van der Waals surface area contributed by atoms with Crippen molar-refractivity contribution in [3.8, 4) is 27.9 Å². The van der Waals surface area contributed by atoms with Crippen LogP contribution >= 0.6 is 0 Å². The molecule has 0 fully saturated rings. The SMILES string of the molecule is Fc1ccc(-n2c3ccccc3c3c(N(c4ccccc4)c4ccc(-c5ccccc5)cc4)cc(N(c4ccccc4)c4ccc(-c5ccccc5)cc4)cc32)cc1. The van der Waals surface area contributed by atoms with E-state index in [9.17, 15) is 4.39 Å². The zero-order valence-corrected chi connectivity index (χ0v) is 31.7. The van der Waals surface area contributed by atoms with Crippen LogP contribution in [-0.2, 0) is 0 Å². The number of hydrogen-bond acceptors (Lipinski definition) is 2. The standard InChI is InChI=1S/C54H38FN3/c55-43-29-35-48(36-30-43)58-51-24-14-13-23-50(51)54-52(57(45-21-11-4-12-22-45)47-33-27-42(28-34-47)40-17-7-2-8-18-40)37-49(38-53(54)58)56(44-19-9-3-10-20-44)46-31-25-41(26-32-46)39-15-5-1-6-16-39/h1-38H. The van der Waals surface area contributed by atoms with E-state index in [1.165, 1.54) is 23.3 Å². The highest BCUT2D eigenvalue weighted by molar-refractivity contribution is 6.18. The summed E-state index contributed by atoms with van der Waals surface area (Å²) in [5.41, 5.74) is 13.7. The van der Waals surface area contributed by atoms with E-state index in [1.807, 2.05) is 24.3 Å². The number of aromatic nitrogens is 1. The molecule has 0 bridgehead atoms. The Labute approximate surface area is 337 Å². The molecule has 3 nitrogen and oxygen atoms in total. The number of nitrogens with zero attached hydrogens (tertiary/aromatic N) is 3. The molecule has 0 spiro atoms. The maximum Gasteiger partial charge on any atom is 0.123 e. The lowest BCUT2D eigenvalue weighted by Gasteiger charge is -2.30. The van der Waals surface area contributed by atoms with Gasteiger partial charge in [0.1, 0.15) is 5.82 Å². The molecule has 0 unspecified atom stereocenters. The molecular weight excluding hydrogens is 710 g/mol. The zero-order chi connectivity index (χ0) is 38.8. The van der Waals surface area contributed by atoms with Crippen molar-refractivity contribution in [2.24, 2.45) is 0 Å². The van der Waals surface area contributed by atoms with Crippen molar-refractivity contribution in [3.63, 3.8) is 0 Å². The van der Waals surface area contributed by atoms with E-state index in [0.29, 0.717) is 0 Å². The van der Waals surface area contributed by atoms with E-state index in [0.717, 1.165) is 72.7 Å². The van der Waals surface area contributed by atoms with Gasteiger partial charge in [0.2, 0.25) is 0 Å². The summed E-state index contributed by atoms with van der Waals surface area (Å²) < 4.78 is 16.8. The smallest absolute Gasteiger partial charge is 0.123 e. The second kappa shape index (κ2) is 15.1. The largest absolute Gasteiger partial charge is 0.310 e. The van der Waals surface area contributed by atoms with Gasteiger partial charge in [-0.05, 0) is 113 Å². The molecule has 0 saturated heterocycles. The summed E-state index contributed by atoms with van der Waals surface area (Å²) in [5.74, 6) is -0.269. The monoisotopic (exact) mass is 747 g/mol. The molecule has 10 rings (SSSR count). The van der Waals surface area contributed by atoms with Crippen LogP contribution in [0.1, 0.15) is 0 Å². The zero-order valence-electron chi connectivity index (χ0n) is 31.7. The van der Waals surface area contributed by atoms with Crippen molar-refractivity contribution in [1.82, 2.24) is 4.57 Å². The number of hydrogen-bond donors (Lipinski definition) is 0. The summed E-state index contributed by atoms with van der Waals surface area (Å²) in [6.45, 7) is 0. The second-order valence-corrected chi connectivity index (χ2v) is 14.4. The number of halogens is 1. The highest BCUT2D eigenvalue weighted by Gasteiger charge is 2.25. The number of fused-ring (bicyclic) bond motifs is 3. The van der Waals surface area contributed by atoms with Gasteiger partial charge >= 0.3 is 0 Å². The molecule has 0 saturated carbocycles. The predicted octanol–water partition coefficient (Wildman–Crippen LogP) is 15.2. The van der Waals surface area contributed by atoms with Crippen LogP contribution in [-0.4, -0.2) is 4.57 Å². The molecule has 1 aromatic heterocycles. The topological polar surface area (TPSA) is 11.4 Å². The van der Waals surface area contributed by atoms with Crippen LogP contribution in [0.4, 0.5) is 38.5 Å². The Kier molecular flexibility index (Phi) is 9.05. The highest BCUT2D eigenvalue weighted by atomic mass is 19.1. The molecule has 1 heterocycles. The van der Waals surface area contributed by atoms with Crippen LogP contribution in [0.3, 0.4) is 0 Å². The average Bonchev–Trinajstić information content (AvgIpc) is 3.63. The van der Waals surface area contributed by atoms with Gasteiger partial charge in [-0.3, -0.25) is 0 Å². The van der Waals surface area contributed by atoms with Gasteiger partial charge in [0.15, 0.2) is 0 Å². The lowest BCUT2D eigenvalue weighted by Crippen LogP contribution is -2.14. The summed E-state index contributed by atoms with van der Waals surface area (Å²) in [4.78, 5) is 4.69. The Morgan fingerprint density at radius 3 is 1.31 bits per heavy atom. The fraction of sp³-hybridized carbons (Fsp3) is 0. The minimum absolute atomic E-state index is 0.269. The summed E-state index contributed by atoms with van der Waals surface area (Å²) >= 11 is 0. The Morgan fingerprint density at radius 1 is 0.328 bits per heavy atom. The van der Waals surface area contributed by atoms with Gasteiger partial charge in [0, 0.05) is 39.2 Å². The van der Waals surface area contributed by atoms with Gasteiger partial charge in [-0.25, -0.2) is 4.39 Å². The fourth-order valence-electron chi connectivity index (χ4n) is 8.13. The third-order valence-corrected chi connectivity index (χ3v) is 10.8. The van der Waals surface area contributed by atoms with E-state index in [4.69, 9.17) is 0 Å². The molecule has 0 aliphatic carbocycles. The lowest BCUT2D eigenvalue weighted by atomic mass is 10.0. The number of benzene rings is 9. The number of rotatable bonds is 9. The Morgan fingerprint density at radius 2 is 0.759 bits per heavy atom. The van der Waals surface area contributed by atoms with E-state index in [-0.39, 0.29) is 5.82 Å². The second-order valence-electron chi connectivity index (χ2n) is 14.4. The third kappa shape index (κ3) is 6.47. The molecule has 0 amide bonds. The van der Waals surface area contributed by atoms with Gasteiger partial charge in [0.05, 0.1) is 22.4 Å². The summed E-state index contributed by atoms with van der Waals surface area (Å²) in [7, 11) is 0. The van der Waals surface area contributed by atoms with Crippen LogP contribution in [0.25, 0.3) is 49.7 Å². The van der Waals surface area contributed by atoms with E-state index in [1.54, 1.807) is 0 Å². The first-order valence-electron chi connectivity index (χ1n) is 19.5. The van der Waals surface area contributed by atoms with Crippen molar-refractivity contribution in [1.29, 1.82) is 0 Å². The van der Waals surface area contributed by atoms with E-state index in [2.05, 4.69) is 208 Å². The molecule has 0 radical (unpaired) electrons. The van der Waals surface area contributed by atoms with Crippen LogP contribution in [0.2, 0.25) is 0 Å². The molecule has 0 aliphatic heterocycles. The molecule has 10 aromatic rings. The van der Waals surface area contributed by atoms with E-state index >= 15 is 0 Å². The number of para-hydroxylation sites is 3. The molecule has 4 heteroatoms. The van der Waals surface area contributed by atoms with Crippen molar-refractivity contribution >= 4 is 55.9 Å². The maximum atomic E-state index is 14.5. The Hall–Kier alpha value is -7.69. The first-order chi connectivity index (χ1) is 28.7. The van der Waals surface area contributed by atoms with Gasteiger partial charge in [-0.2, -0.15) is 0 Å².